The number of hydrogen-bond donors (Lipinski definition) is 1. The molecular weight excluding hydrogens is 422 g/mol. The van der Waals surface area contributed by atoms with Gasteiger partial charge >= 0.3 is 0 Å². The molecule has 6 heteroatoms. The smallest absolute Gasteiger partial charge is 0.258 e. The Labute approximate surface area is 192 Å². The number of benzene rings is 1. The zero-order valence-corrected chi connectivity index (χ0v) is 20.2. The summed E-state index contributed by atoms with van der Waals surface area (Å²) in [7, 11) is 2.76. The predicted molar refractivity (Wildman–Crippen MR) is 133 cm³/mol. The maximum absolute atomic E-state index is 13.2. The van der Waals surface area contributed by atoms with Gasteiger partial charge in [0.15, 0.2) is 0 Å². The molecule has 0 amide bonds. The molecule has 1 atom stereocenters. The van der Waals surface area contributed by atoms with E-state index in [2.05, 4.69) is 24.3 Å². The van der Waals surface area contributed by atoms with Crippen LogP contribution in [0.25, 0.3) is 33.4 Å². The highest BCUT2D eigenvalue weighted by Gasteiger charge is 2.25. The zero-order valence-electron chi connectivity index (χ0n) is 19.3. The molecule has 1 N–H and O–H groups in total. The SMILES string of the molecule is CO.Cc1ccc2c(=O)n(C)c(C(C=O)COC(C)C)c(-c3cc4c(s3)=CCCC=4)c2c1. The van der Waals surface area contributed by atoms with Crippen LogP contribution in [0.3, 0.4) is 0 Å². The minimum absolute atomic E-state index is 0.00822. The van der Waals surface area contributed by atoms with Gasteiger partial charge in [-0.05, 0) is 56.4 Å². The first-order valence-corrected chi connectivity index (χ1v) is 11.7. The van der Waals surface area contributed by atoms with Gasteiger partial charge in [-0.25, -0.2) is 0 Å². The normalized spacial score (nSPS) is 13.6. The minimum Gasteiger partial charge on any atom is -0.400 e. The molecule has 32 heavy (non-hydrogen) atoms. The standard InChI is InChI=1S/C25H27NO3S.CH4O/c1-15(2)29-14-18(13-27)24-23(22-12-17-7-5-6-8-21(17)30-22)20-11-16(3)9-10-19(20)25(28)26(24)4;1-2/h7-13,15,18H,5-6,14H2,1-4H3;2H,1H3. The Morgan fingerprint density at radius 3 is 2.53 bits per heavy atom. The summed E-state index contributed by atoms with van der Waals surface area (Å²) in [5.74, 6) is -0.517. The number of thiophene rings is 1. The molecule has 0 spiro atoms. The molecule has 5 nitrogen and oxygen atoms in total. The summed E-state index contributed by atoms with van der Waals surface area (Å²) in [6, 6.07) is 8.12. The number of rotatable bonds is 6. The van der Waals surface area contributed by atoms with Crippen molar-refractivity contribution >= 4 is 40.5 Å². The molecule has 1 unspecified atom stereocenters. The van der Waals surface area contributed by atoms with Crippen LogP contribution in [-0.2, 0) is 16.6 Å². The molecule has 2 heterocycles. The molecule has 1 aliphatic rings. The van der Waals surface area contributed by atoms with Crippen LogP contribution in [0.5, 0.6) is 0 Å². The number of aldehydes is 1. The van der Waals surface area contributed by atoms with E-state index in [0.717, 1.165) is 53.3 Å². The maximum Gasteiger partial charge on any atom is 0.258 e. The van der Waals surface area contributed by atoms with E-state index in [0.29, 0.717) is 5.39 Å². The van der Waals surface area contributed by atoms with Gasteiger partial charge in [0.25, 0.3) is 5.56 Å². The first-order valence-electron chi connectivity index (χ1n) is 10.9. The Morgan fingerprint density at radius 1 is 1.16 bits per heavy atom. The van der Waals surface area contributed by atoms with Crippen LogP contribution in [0.15, 0.2) is 29.1 Å². The van der Waals surface area contributed by atoms with Crippen molar-refractivity contribution in [3.8, 4) is 10.4 Å². The Bertz CT molecular complexity index is 1270. The number of hydrogen-bond acceptors (Lipinski definition) is 5. The Morgan fingerprint density at radius 2 is 1.88 bits per heavy atom. The maximum atomic E-state index is 13.2. The molecule has 4 rings (SSSR count). The van der Waals surface area contributed by atoms with Gasteiger partial charge in [0.05, 0.1) is 18.6 Å². The van der Waals surface area contributed by atoms with Crippen LogP contribution in [0, 0.1) is 6.92 Å². The Hall–Kier alpha value is -2.54. The lowest BCUT2D eigenvalue weighted by atomic mass is 9.94. The summed E-state index contributed by atoms with van der Waals surface area (Å²) < 4.78 is 8.70. The van der Waals surface area contributed by atoms with E-state index in [4.69, 9.17) is 9.84 Å². The van der Waals surface area contributed by atoms with E-state index in [1.807, 2.05) is 32.9 Å². The lowest BCUT2D eigenvalue weighted by Gasteiger charge is -2.22. The van der Waals surface area contributed by atoms with Crippen molar-refractivity contribution in [2.75, 3.05) is 13.7 Å². The lowest BCUT2D eigenvalue weighted by molar-refractivity contribution is -0.110. The van der Waals surface area contributed by atoms with Crippen molar-refractivity contribution < 1.29 is 14.6 Å². The molecule has 170 valence electrons. The van der Waals surface area contributed by atoms with E-state index in [-0.39, 0.29) is 18.3 Å². The second-order valence-electron chi connectivity index (χ2n) is 8.21. The van der Waals surface area contributed by atoms with Crippen LogP contribution in [0.1, 0.15) is 43.9 Å². The predicted octanol–water partition coefficient (Wildman–Crippen LogP) is 3.25. The summed E-state index contributed by atoms with van der Waals surface area (Å²) in [5, 5.41) is 9.82. The van der Waals surface area contributed by atoms with E-state index < -0.39 is 5.92 Å². The number of ether oxygens (including phenoxy) is 1. The molecule has 2 aromatic heterocycles. The van der Waals surface area contributed by atoms with Crippen molar-refractivity contribution in [2.24, 2.45) is 7.05 Å². The third-order valence-electron chi connectivity index (χ3n) is 5.62. The number of carbonyl (C=O) groups is 1. The molecule has 3 aromatic rings. The van der Waals surface area contributed by atoms with Crippen LogP contribution < -0.4 is 15.3 Å². The number of nitrogens with zero attached hydrogens (tertiary/aromatic N) is 1. The molecule has 0 fully saturated rings. The van der Waals surface area contributed by atoms with Crippen molar-refractivity contribution in [1.29, 1.82) is 0 Å². The fourth-order valence-corrected chi connectivity index (χ4v) is 5.33. The summed E-state index contributed by atoms with van der Waals surface area (Å²) in [6.45, 7) is 6.18. The molecule has 1 aromatic carbocycles. The van der Waals surface area contributed by atoms with Crippen molar-refractivity contribution in [3.05, 3.63) is 55.6 Å². The molecule has 0 radical (unpaired) electrons. The van der Waals surface area contributed by atoms with Crippen LogP contribution >= 0.6 is 11.3 Å². The first kappa shape index (κ1) is 24.1. The van der Waals surface area contributed by atoms with Gasteiger partial charge in [-0.1, -0.05) is 29.8 Å². The van der Waals surface area contributed by atoms with E-state index in [1.165, 1.54) is 9.75 Å². The molecule has 0 aliphatic heterocycles. The van der Waals surface area contributed by atoms with Crippen molar-refractivity contribution in [3.63, 3.8) is 0 Å². The fraction of sp³-hybridized carbons (Fsp3) is 0.385. The van der Waals surface area contributed by atoms with Gasteiger partial charge in [-0.2, -0.15) is 0 Å². The third kappa shape index (κ3) is 4.63. The van der Waals surface area contributed by atoms with Gasteiger partial charge in [-0.3, -0.25) is 4.79 Å². The van der Waals surface area contributed by atoms with Gasteiger partial charge in [0, 0.05) is 40.2 Å². The van der Waals surface area contributed by atoms with Gasteiger partial charge in [-0.15, -0.1) is 11.3 Å². The molecular formula is C26H31NO4S. The number of carbonyl (C=O) groups excluding carboxylic acids is 1. The topological polar surface area (TPSA) is 68.5 Å². The summed E-state index contributed by atoms with van der Waals surface area (Å²) in [6.07, 6.45) is 7.55. The zero-order chi connectivity index (χ0) is 23.4. The van der Waals surface area contributed by atoms with Gasteiger partial charge < -0.3 is 19.2 Å². The Balaban J connectivity index is 0.00000141. The number of aliphatic hydroxyl groups excluding tert-OH is 1. The molecule has 1 aliphatic carbocycles. The van der Waals surface area contributed by atoms with E-state index >= 15 is 0 Å². The second kappa shape index (κ2) is 10.4. The number of aliphatic hydroxyl groups is 1. The van der Waals surface area contributed by atoms with Crippen LogP contribution in [0.4, 0.5) is 0 Å². The average molecular weight is 454 g/mol. The quantitative estimate of drug-likeness (QED) is 0.582. The average Bonchev–Trinajstić information content (AvgIpc) is 3.22. The van der Waals surface area contributed by atoms with E-state index in [1.54, 1.807) is 23.0 Å². The Kier molecular flexibility index (Phi) is 7.82. The van der Waals surface area contributed by atoms with Gasteiger partial charge in [0.2, 0.25) is 0 Å². The summed E-state index contributed by atoms with van der Waals surface area (Å²) in [5.41, 5.74) is 2.71. The van der Waals surface area contributed by atoms with E-state index in [9.17, 15) is 9.59 Å². The highest BCUT2D eigenvalue weighted by Crippen LogP contribution is 2.35. The monoisotopic (exact) mass is 453 g/mol. The van der Waals surface area contributed by atoms with Gasteiger partial charge in [0.1, 0.15) is 6.29 Å². The molecule has 0 saturated heterocycles. The highest BCUT2D eigenvalue weighted by atomic mass is 32.1. The second-order valence-corrected chi connectivity index (χ2v) is 9.30. The number of aromatic nitrogens is 1. The van der Waals surface area contributed by atoms with Crippen molar-refractivity contribution in [2.45, 2.75) is 45.6 Å². The number of pyridine rings is 1. The molecule has 0 bridgehead atoms. The van der Waals surface area contributed by atoms with Crippen LogP contribution in [-0.4, -0.2) is 35.8 Å². The highest BCUT2D eigenvalue weighted by molar-refractivity contribution is 7.13. The minimum atomic E-state index is -0.517. The lowest BCUT2D eigenvalue weighted by Crippen LogP contribution is -2.26. The number of aryl methyl sites for hydroxylation is 1. The largest absolute Gasteiger partial charge is 0.400 e. The number of fused-ring (bicyclic) bond motifs is 2. The summed E-state index contributed by atoms with van der Waals surface area (Å²) in [4.78, 5) is 26.4. The summed E-state index contributed by atoms with van der Waals surface area (Å²) >= 11 is 1.73. The fourth-order valence-electron chi connectivity index (χ4n) is 4.13. The van der Waals surface area contributed by atoms with Crippen LogP contribution in [0.2, 0.25) is 0 Å². The first-order chi connectivity index (χ1) is 15.4. The molecule has 0 saturated carbocycles. The third-order valence-corrected chi connectivity index (χ3v) is 6.78. The van der Waals surface area contributed by atoms with Crippen molar-refractivity contribution in [1.82, 2.24) is 4.57 Å².